The Bertz CT molecular complexity index is 183. The maximum atomic E-state index is 2.84. The van der Waals surface area contributed by atoms with Crippen LogP contribution in [-0.2, 0) is 0 Å². The normalized spacial score (nSPS) is 16.4. The van der Waals surface area contributed by atoms with Gasteiger partial charge in [-0.1, -0.05) is 41.5 Å². The predicted octanol–water partition coefficient (Wildman–Crippen LogP) is 2.55. The fourth-order valence-electron chi connectivity index (χ4n) is 2.67. The van der Waals surface area contributed by atoms with Crippen LogP contribution in [0.1, 0.15) is 67.2 Å². The molecule has 0 aromatic heterocycles. The van der Waals surface area contributed by atoms with Gasteiger partial charge in [0, 0.05) is 0 Å². The van der Waals surface area contributed by atoms with E-state index in [2.05, 4.69) is 50.7 Å². The summed E-state index contributed by atoms with van der Waals surface area (Å²) in [5, 5.41) is 0. The monoisotopic (exact) mass is 302 g/mol. The Morgan fingerprint density at radius 1 is 0.737 bits per heavy atom. The Morgan fingerprint density at radius 3 is 1.37 bits per heavy atom. The van der Waals surface area contributed by atoms with E-state index in [0.717, 1.165) is 12.1 Å². The predicted molar refractivity (Wildman–Crippen MR) is 95.4 cm³/mol. The van der Waals surface area contributed by atoms with E-state index in [4.69, 9.17) is 0 Å². The van der Waals surface area contributed by atoms with E-state index in [9.17, 15) is 0 Å². The lowest BCUT2D eigenvalue weighted by atomic mass is 10.2. The fourth-order valence-corrected chi connectivity index (χ4v) is 8.97. The molecule has 19 heavy (non-hydrogen) atoms. The van der Waals surface area contributed by atoms with E-state index in [1.165, 1.54) is 38.8 Å². The Balaban J connectivity index is 4.12. The van der Waals surface area contributed by atoms with Crippen molar-refractivity contribution in [3.05, 3.63) is 0 Å². The Kier molecular flexibility index (Phi) is 12.3. The fraction of sp³-hybridized carbons (Fsp3) is 1.00. The van der Waals surface area contributed by atoms with E-state index >= 15 is 0 Å². The van der Waals surface area contributed by atoms with Crippen LogP contribution in [0.4, 0.5) is 0 Å². The second kappa shape index (κ2) is 12.1. The molecule has 0 amide bonds. The van der Waals surface area contributed by atoms with Crippen molar-refractivity contribution in [1.82, 2.24) is 9.13 Å². The topological polar surface area (TPSA) is 6.48 Å². The van der Waals surface area contributed by atoms with Crippen LogP contribution in [0.2, 0.25) is 5.67 Å². The summed E-state index contributed by atoms with van der Waals surface area (Å²) in [5.74, 6) is 0. The highest BCUT2D eigenvalue weighted by Gasteiger charge is 2.14. The lowest BCUT2D eigenvalue weighted by molar-refractivity contribution is 0.335. The van der Waals surface area contributed by atoms with Gasteiger partial charge in [-0.25, -0.2) is 0 Å². The largest absolute Gasteiger partial charge is 0.327 e. The molecule has 0 fully saturated rings. The van der Waals surface area contributed by atoms with Crippen LogP contribution in [0.15, 0.2) is 0 Å². The van der Waals surface area contributed by atoms with Gasteiger partial charge in [0.25, 0.3) is 0 Å². The van der Waals surface area contributed by atoms with Crippen molar-refractivity contribution in [2.75, 3.05) is 13.1 Å². The molecule has 2 nitrogen and oxygen atoms in total. The zero-order chi connectivity index (χ0) is 14.7. The van der Waals surface area contributed by atoms with Crippen LogP contribution >= 0.6 is 0 Å². The Morgan fingerprint density at radius 2 is 1.11 bits per heavy atom. The third-order valence-corrected chi connectivity index (χ3v) is 9.90. The number of rotatable bonds is 12. The van der Waals surface area contributed by atoms with Crippen molar-refractivity contribution >= 4 is 19.4 Å². The zero-order valence-electron chi connectivity index (χ0n) is 14.4. The molecule has 0 N–H and O–H groups in total. The molecule has 0 bridgehead atoms. The van der Waals surface area contributed by atoms with Crippen LogP contribution in [-0.4, -0.2) is 53.7 Å². The molecule has 0 saturated heterocycles. The summed E-state index contributed by atoms with van der Waals surface area (Å²) in [6, 6.07) is 1.65. The third kappa shape index (κ3) is 8.28. The van der Waals surface area contributed by atoms with Crippen molar-refractivity contribution in [2.45, 2.75) is 85.0 Å². The van der Waals surface area contributed by atoms with Crippen molar-refractivity contribution in [3.63, 3.8) is 0 Å². The second-order valence-corrected chi connectivity index (χ2v) is 11.3. The Hall–Kier alpha value is 0.354. The minimum absolute atomic E-state index is 0.00985. The average molecular weight is 303 g/mol. The van der Waals surface area contributed by atoms with Gasteiger partial charge >= 0.3 is 0 Å². The Labute approximate surface area is 127 Å². The minimum Gasteiger partial charge on any atom is -0.327 e. The third-order valence-electron chi connectivity index (χ3n) is 4.34. The van der Waals surface area contributed by atoms with Crippen LogP contribution < -0.4 is 0 Å². The van der Waals surface area contributed by atoms with Gasteiger partial charge in [-0.2, -0.15) is 0 Å². The smallest absolute Gasteiger partial charge is 0.0935 e. The highest BCUT2D eigenvalue weighted by atomic mass is 28.3. The molecule has 0 saturated carbocycles. The number of hydrogen-bond donors (Lipinski definition) is 0. The van der Waals surface area contributed by atoms with Gasteiger partial charge in [0.1, 0.15) is 0 Å². The summed E-state index contributed by atoms with van der Waals surface area (Å²) in [4.78, 5) is 0. The maximum Gasteiger partial charge on any atom is 0.0935 e. The highest BCUT2D eigenvalue weighted by Crippen LogP contribution is 2.07. The average Bonchev–Trinajstić information content (AvgIpc) is 2.43. The van der Waals surface area contributed by atoms with Crippen molar-refractivity contribution in [2.24, 2.45) is 0 Å². The maximum absolute atomic E-state index is 2.84. The van der Waals surface area contributed by atoms with Crippen LogP contribution in [0, 0.1) is 0 Å². The number of nitrogens with zero attached hydrogens (tertiary/aromatic N) is 2. The molecule has 0 aromatic carbocycles. The summed E-state index contributed by atoms with van der Waals surface area (Å²) in [5.41, 5.74) is 1.59. The van der Waals surface area contributed by atoms with E-state index in [1.807, 2.05) is 0 Å². The minimum atomic E-state index is 0.00985. The first kappa shape index (κ1) is 19.4. The van der Waals surface area contributed by atoms with Crippen LogP contribution in [0.5, 0.6) is 0 Å². The summed E-state index contributed by atoms with van der Waals surface area (Å²) >= 11 is 0. The van der Waals surface area contributed by atoms with Crippen molar-refractivity contribution in [1.29, 1.82) is 0 Å². The van der Waals surface area contributed by atoms with Crippen LogP contribution in [0.25, 0.3) is 0 Å². The summed E-state index contributed by atoms with van der Waals surface area (Å²) < 4.78 is 5.68. The summed E-state index contributed by atoms with van der Waals surface area (Å²) in [6.45, 7) is 16.8. The van der Waals surface area contributed by atoms with E-state index in [0.29, 0.717) is 0 Å². The van der Waals surface area contributed by atoms with Gasteiger partial charge in [-0.3, -0.25) is 0 Å². The molecule has 0 rings (SSSR count). The molecule has 2 atom stereocenters. The van der Waals surface area contributed by atoms with Gasteiger partial charge in [0.15, 0.2) is 0 Å². The first-order valence-electron chi connectivity index (χ1n) is 8.58. The van der Waals surface area contributed by atoms with Gasteiger partial charge in [-0.05, 0) is 56.5 Å². The van der Waals surface area contributed by atoms with Gasteiger partial charge in [-0.15, -0.1) is 0 Å². The van der Waals surface area contributed by atoms with E-state index in [1.54, 1.807) is 5.67 Å². The first-order valence-corrected chi connectivity index (χ1v) is 11.8. The molecule has 0 aromatic rings. The molecule has 0 aliphatic carbocycles. The number of hydrogen-bond acceptors (Lipinski definition) is 2. The van der Waals surface area contributed by atoms with E-state index < -0.39 is 0 Å². The van der Waals surface area contributed by atoms with E-state index in [-0.39, 0.29) is 19.4 Å². The molecule has 4 heteroatoms. The molecular weight excluding hydrogens is 264 g/mol. The summed E-state index contributed by atoms with van der Waals surface area (Å²) in [6.07, 6.45) is 5.28. The lowest BCUT2D eigenvalue weighted by Gasteiger charge is -2.31. The van der Waals surface area contributed by atoms with Gasteiger partial charge in [0.05, 0.1) is 19.4 Å². The van der Waals surface area contributed by atoms with Crippen molar-refractivity contribution < 1.29 is 0 Å². The molecule has 0 aliphatic rings. The second-order valence-electron chi connectivity index (χ2n) is 5.94. The molecular formula is C15H38N2Si2. The standard InChI is InChI=1S/C15H38N2Si2/c1-7-11-16(14(5)9-3)18-13-19-17(12-8-2)15(6)10-4/h14-15H,7-13,18-19H2,1-6H3. The lowest BCUT2D eigenvalue weighted by Crippen LogP contribution is -2.41. The van der Waals surface area contributed by atoms with Crippen molar-refractivity contribution in [3.8, 4) is 0 Å². The quantitative estimate of drug-likeness (QED) is 0.511. The molecule has 116 valence electrons. The zero-order valence-corrected chi connectivity index (χ0v) is 17.2. The molecule has 0 aliphatic heterocycles. The molecule has 0 spiro atoms. The highest BCUT2D eigenvalue weighted by molar-refractivity contribution is 6.52. The van der Waals surface area contributed by atoms with Crippen LogP contribution in [0.3, 0.4) is 0 Å². The van der Waals surface area contributed by atoms with Gasteiger partial charge in [0.2, 0.25) is 0 Å². The molecule has 2 unspecified atom stereocenters. The summed E-state index contributed by atoms with van der Waals surface area (Å²) in [7, 11) is 0.0197. The van der Waals surface area contributed by atoms with Gasteiger partial charge < -0.3 is 9.13 Å². The SMILES string of the molecule is CCCN([SiH2]C[SiH2]N(CCC)C(C)CC)C(C)CC. The molecule has 0 heterocycles. The first-order chi connectivity index (χ1) is 9.10. The molecule has 0 radical (unpaired) electrons.